The van der Waals surface area contributed by atoms with Gasteiger partial charge in [0.25, 0.3) is 0 Å². The van der Waals surface area contributed by atoms with E-state index in [9.17, 15) is 4.79 Å². The second-order valence-corrected chi connectivity index (χ2v) is 12.2. The lowest BCUT2D eigenvalue weighted by atomic mass is 9.95. The number of benzene rings is 3. The summed E-state index contributed by atoms with van der Waals surface area (Å²) in [5, 5.41) is 10.3. The van der Waals surface area contributed by atoms with Gasteiger partial charge in [0.1, 0.15) is 12.6 Å². The Kier molecular flexibility index (Phi) is 10.6. The molecule has 2 heterocycles. The lowest BCUT2D eigenvalue weighted by Gasteiger charge is -2.28. The van der Waals surface area contributed by atoms with Gasteiger partial charge in [-0.1, -0.05) is 90.2 Å². The summed E-state index contributed by atoms with van der Waals surface area (Å²) in [6, 6.07) is 17.8. The van der Waals surface area contributed by atoms with Gasteiger partial charge < -0.3 is 19.5 Å². The Morgan fingerprint density at radius 1 is 1.02 bits per heavy atom. The van der Waals surface area contributed by atoms with Gasteiger partial charge >= 0.3 is 5.97 Å². The number of nitrogens with zero attached hydrogens (tertiary/aromatic N) is 3. The molecule has 3 aromatic carbocycles. The van der Waals surface area contributed by atoms with Gasteiger partial charge in [0, 0.05) is 32.1 Å². The maximum absolute atomic E-state index is 13.5. The molecule has 0 aliphatic carbocycles. The van der Waals surface area contributed by atoms with Crippen molar-refractivity contribution in [1.82, 2.24) is 14.8 Å². The van der Waals surface area contributed by atoms with Crippen LogP contribution in [0.3, 0.4) is 0 Å². The molecular formula is C32H31Cl3N4O4S. The topological polar surface area (TPSA) is 87.5 Å². The Morgan fingerprint density at radius 3 is 2.59 bits per heavy atom. The molecule has 0 bridgehead atoms. The Balaban J connectivity index is 1.47. The number of rotatable bonds is 12. The van der Waals surface area contributed by atoms with Crippen LogP contribution in [0.2, 0.25) is 15.1 Å². The number of halogens is 3. The van der Waals surface area contributed by atoms with E-state index in [1.54, 1.807) is 30.0 Å². The smallest absolute Gasteiger partial charge is 0.338 e. The molecule has 8 nitrogen and oxygen atoms in total. The molecule has 0 saturated carbocycles. The summed E-state index contributed by atoms with van der Waals surface area (Å²) in [7, 11) is 1.56. The molecule has 1 aromatic heterocycles. The molecule has 44 heavy (non-hydrogen) atoms. The molecule has 0 amide bonds. The molecule has 0 spiro atoms. The van der Waals surface area contributed by atoms with Crippen molar-refractivity contribution in [2.45, 2.75) is 50.2 Å². The lowest BCUT2D eigenvalue weighted by Crippen LogP contribution is -2.29. The van der Waals surface area contributed by atoms with Crippen LogP contribution in [0.5, 0.6) is 11.5 Å². The average molecular weight is 674 g/mol. The van der Waals surface area contributed by atoms with E-state index in [2.05, 4.69) is 5.32 Å². The van der Waals surface area contributed by atoms with Crippen LogP contribution in [0, 0.1) is 0 Å². The van der Waals surface area contributed by atoms with Crippen LogP contribution in [0.25, 0.3) is 0 Å². The number of esters is 1. The van der Waals surface area contributed by atoms with E-state index in [-0.39, 0.29) is 6.61 Å². The summed E-state index contributed by atoms with van der Waals surface area (Å²) in [5.41, 5.74) is 3.58. The monoisotopic (exact) mass is 672 g/mol. The van der Waals surface area contributed by atoms with Gasteiger partial charge in [0.05, 0.1) is 19.3 Å². The number of thioether (sulfide) groups is 1. The van der Waals surface area contributed by atoms with Crippen LogP contribution in [0.15, 0.2) is 77.1 Å². The molecule has 1 aliphatic rings. The maximum atomic E-state index is 13.5. The lowest BCUT2D eigenvalue weighted by molar-refractivity contribution is -0.139. The minimum atomic E-state index is -0.629. The number of hydrogen-bond donors (Lipinski definition) is 1. The Hall–Kier alpha value is -3.37. The van der Waals surface area contributed by atoms with Gasteiger partial charge in [-0.05, 0) is 54.8 Å². The predicted molar refractivity (Wildman–Crippen MR) is 175 cm³/mol. The fourth-order valence-corrected chi connectivity index (χ4v) is 6.26. The Labute approximate surface area is 275 Å². The van der Waals surface area contributed by atoms with Crippen LogP contribution in [-0.4, -0.2) is 34.5 Å². The first-order chi connectivity index (χ1) is 21.3. The first-order valence-corrected chi connectivity index (χ1v) is 16.1. The quantitative estimate of drug-likeness (QED) is 0.0908. The van der Waals surface area contributed by atoms with Crippen molar-refractivity contribution in [2.75, 3.05) is 19.0 Å². The number of ether oxygens (including phenoxy) is 3. The summed E-state index contributed by atoms with van der Waals surface area (Å²) < 4.78 is 19.2. The van der Waals surface area contributed by atoms with Crippen molar-refractivity contribution in [2.24, 2.45) is 0 Å². The minimum Gasteiger partial charge on any atom is -0.493 e. The summed E-state index contributed by atoms with van der Waals surface area (Å²) in [6.07, 6.45) is 1.68. The maximum Gasteiger partial charge on any atom is 0.338 e. The largest absolute Gasteiger partial charge is 0.493 e. The van der Waals surface area contributed by atoms with E-state index in [1.165, 1.54) is 11.8 Å². The fourth-order valence-electron chi connectivity index (χ4n) is 4.68. The SMILES string of the molecule is CCCCOC(=O)C1=C(C)Nc2nc(SCc3ccccc3Cl)nn2C1c1ccc(OCc2ccc(Cl)cc2Cl)c(OC)c1. The highest BCUT2D eigenvalue weighted by atomic mass is 35.5. The number of carbonyl (C=O) groups excluding carboxylic acids is 1. The van der Waals surface area contributed by atoms with E-state index in [0.29, 0.717) is 61.3 Å². The molecule has 1 unspecified atom stereocenters. The molecule has 0 saturated heterocycles. The number of methoxy groups -OCH3 is 1. The van der Waals surface area contributed by atoms with Crippen molar-refractivity contribution in [3.05, 3.63) is 104 Å². The molecule has 1 aliphatic heterocycles. The van der Waals surface area contributed by atoms with Crippen LogP contribution in [-0.2, 0) is 21.9 Å². The molecule has 1 atom stereocenters. The van der Waals surface area contributed by atoms with Crippen molar-refractivity contribution in [3.63, 3.8) is 0 Å². The number of nitrogens with one attached hydrogen (secondary N) is 1. The molecule has 4 aromatic rings. The fraction of sp³-hybridized carbons (Fsp3) is 0.281. The number of carbonyl (C=O) groups is 1. The van der Waals surface area contributed by atoms with Crippen LogP contribution in [0.1, 0.15) is 49.4 Å². The number of unbranched alkanes of at least 4 members (excludes halogenated alkanes) is 1. The van der Waals surface area contributed by atoms with Gasteiger partial charge in [-0.25, -0.2) is 9.48 Å². The molecular weight excluding hydrogens is 643 g/mol. The van der Waals surface area contributed by atoms with E-state index in [4.69, 9.17) is 59.1 Å². The molecule has 5 rings (SSSR count). The van der Waals surface area contributed by atoms with Crippen LogP contribution < -0.4 is 14.8 Å². The third kappa shape index (κ3) is 7.29. The van der Waals surface area contributed by atoms with Crippen LogP contribution in [0.4, 0.5) is 5.95 Å². The second kappa shape index (κ2) is 14.6. The van der Waals surface area contributed by atoms with Gasteiger partial charge in [0.2, 0.25) is 11.1 Å². The van der Waals surface area contributed by atoms with Gasteiger partial charge in [0.15, 0.2) is 11.5 Å². The first-order valence-electron chi connectivity index (χ1n) is 14.0. The normalized spacial score (nSPS) is 14.2. The molecule has 12 heteroatoms. The molecule has 1 N–H and O–H groups in total. The minimum absolute atomic E-state index is 0.215. The summed E-state index contributed by atoms with van der Waals surface area (Å²) in [4.78, 5) is 18.2. The van der Waals surface area contributed by atoms with Gasteiger partial charge in [-0.15, -0.1) is 5.10 Å². The summed E-state index contributed by atoms with van der Waals surface area (Å²) in [6.45, 7) is 4.42. The predicted octanol–water partition coefficient (Wildman–Crippen LogP) is 8.75. The number of anilines is 1. The zero-order valence-corrected chi connectivity index (χ0v) is 27.5. The highest BCUT2D eigenvalue weighted by Gasteiger charge is 2.36. The van der Waals surface area contributed by atoms with E-state index in [1.807, 2.05) is 56.3 Å². The molecule has 0 radical (unpaired) electrons. The van der Waals surface area contributed by atoms with Crippen molar-refractivity contribution in [3.8, 4) is 11.5 Å². The Morgan fingerprint density at radius 2 is 1.84 bits per heavy atom. The zero-order valence-electron chi connectivity index (χ0n) is 24.4. The van der Waals surface area contributed by atoms with Crippen LogP contribution >= 0.6 is 46.6 Å². The number of allylic oxidation sites excluding steroid dienone is 1. The Bertz CT molecular complexity index is 1690. The molecule has 230 valence electrons. The van der Waals surface area contributed by atoms with Crippen molar-refractivity contribution >= 4 is 58.5 Å². The highest BCUT2D eigenvalue weighted by Crippen LogP contribution is 2.40. The summed E-state index contributed by atoms with van der Waals surface area (Å²) >= 11 is 20.2. The van der Waals surface area contributed by atoms with Crippen molar-refractivity contribution < 1.29 is 19.0 Å². The summed E-state index contributed by atoms with van der Waals surface area (Å²) in [5.74, 6) is 1.67. The van der Waals surface area contributed by atoms with Gasteiger partial charge in [-0.3, -0.25) is 0 Å². The van der Waals surface area contributed by atoms with E-state index >= 15 is 0 Å². The second-order valence-electron chi connectivity index (χ2n) is 10.0. The number of fused-ring (bicyclic) bond motifs is 1. The third-order valence-corrected chi connectivity index (χ3v) is 8.84. The first kappa shape index (κ1) is 32.0. The zero-order chi connectivity index (χ0) is 31.2. The third-order valence-electron chi connectivity index (χ3n) is 7.00. The standard InChI is InChI=1S/C32H31Cl3N4O4S/c1-4-5-14-42-30(40)28-19(2)36-31-37-32(44-18-22-8-6-7-9-24(22)34)38-39(31)29(28)20-11-13-26(27(15-20)41-3)43-17-21-10-12-23(33)16-25(21)35/h6-13,15-16,29H,4-5,14,17-18H2,1-3H3,(H,36,37,38). The van der Waals surface area contributed by atoms with Gasteiger partial charge in [-0.2, -0.15) is 4.98 Å². The van der Waals surface area contributed by atoms with E-state index < -0.39 is 12.0 Å². The average Bonchev–Trinajstić information content (AvgIpc) is 3.42. The molecule has 0 fully saturated rings. The van der Waals surface area contributed by atoms with Crippen molar-refractivity contribution in [1.29, 1.82) is 0 Å². The van der Waals surface area contributed by atoms with E-state index in [0.717, 1.165) is 29.5 Å². The number of hydrogen-bond acceptors (Lipinski definition) is 8. The number of aromatic nitrogens is 3. The highest BCUT2D eigenvalue weighted by molar-refractivity contribution is 7.98.